The molecule has 3 aromatic rings. The number of H-pyrrole nitrogens is 1. The number of ether oxygens (including phenoxy) is 1. The quantitative estimate of drug-likeness (QED) is 0.490. The van der Waals surface area contributed by atoms with Gasteiger partial charge in [-0.25, -0.2) is 4.79 Å². The zero-order chi connectivity index (χ0) is 15.1. The molecule has 0 radical (unpaired) electrons. The highest BCUT2D eigenvalue weighted by Gasteiger charge is 2.25. The van der Waals surface area contributed by atoms with Crippen molar-refractivity contribution >= 4 is 27.9 Å². The molecule has 7 nitrogen and oxygen atoms in total. The molecule has 0 aliphatic rings. The molecule has 108 valence electrons. The van der Waals surface area contributed by atoms with E-state index in [9.17, 15) is 19.8 Å². The molecule has 0 atom stereocenters. The van der Waals surface area contributed by atoms with Crippen LogP contribution in [0.25, 0.3) is 21.9 Å². The zero-order valence-corrected chi connectivity index (χ0v) is 11.0. The van der Waals surface area contributed by atoms with E-state index in [2.05, 4.69) is 4.98 Å². The Morgan fingerprint density at radius 1 is 1.33 bits per heavy atom. The summed E-state index contributed by atoms with van der Waals surface area (Å²) in [6, 6.07) is 2.66. The lowest BCUT2D eigenvalue weighted by atomic mass is 10.1. The second-order valence-corrected chi connectivity index (χ2v) is 4.36. The molecule has 0 saturated heterocycles. The smallest absolute Gasteiger partial charge is 0.342 e. The highest BCUT2D eigenvalue weighted by molar-refractivity contribution is 6.17. The maximum Gasteiger partial charge on any atom is 0.342 e. The van der Waals surface area contributed by atoms with Crippen LogP contribution in [0.1, 0.15) is 17.3 Å². The molecular formula is C14H11NO6. The van der Waals surface area contributed by atoms with E-state index in [1.165, 1.54) is 12.3 Å². The van der Waals surface area contributed by atoms with Crippen LogP contribution in [0.3, 0.4) is 0 Å². The lowest BCUT2D eigenvalue weighted by Crippen LogP contribution is -2.08. The third-order valence-electron chi connectivity index (χ3n) is 3.12. The van der Waals surface area contributed by atoms with Crippen molar-refractivity contribution in [3.63, 3.8) is 0 Å². The van der Waals surface area contributed by atoms with Gasteiger partial charge in [-0.05, 0) is 13.0 Å². The van der Waals surface area contributed by atoms with Crippen LogP contribution in [0.15, 0.2) is 27.5 Å². The van der Waals surface area contributed by atoms with Gasteiger partial charge in [0.1, 0.15) is 16.7 Å². The molecule has 3 N–H and O–H groups in total. The topological polar surface area (TPSA) is 113 Å². The fourth-order valence-electron chi connectivity index (χ4n) is 2.27. The standard InChI is InChI=1S/C14H11NO6/c1-2-20-14(19)11-9-8(5-6(16)12(11)17)21-7-3-4-15-13(18)10(7)9/h3-5,16-17H,2H2,1H3,(H,15,18). The van der Waals surface area contributed by atoms with E-state index in [1.807, 2.05) is 0 Å². The molecule has 7 heteroatoms. The Balaban J connectivity index is 2.53. The summed E-state index contributed by atoms with van der Waals surface area (Å²) in [5.41, 5.74) is -0.409. The van der Waals surface area contributed by atoms with Gasteiger partial charge in [0.05, 0.1) is 17.4 Å². The Bertz CT molecular complexity index is 920. The fourth-order valence-corrected chi connectivity index (χ4v) is 2.27. The molecule has 0 spiro atoms. The summed E-state index contributed by atoms with van der Waals surface area (Å²) in [5.74, 6) is -2.02. The van der Waals surface area contributed by atoms with Gasteiger partial charge < -0.3 is 24.4 Å². The lowest BCUT2D eigenvalue weighted by Gasteiger charge is -2.07. The second-order valence-electron chi connectivity index (χ2n) is 4.36. The van der Waals surface area contributed by atoms with Crippen LogP contribution >= 0.6 is 0 Å². The van der Waals surface area contributed by atoms with Crippen LogP contribution in [-0.2, 0) is 4.74 Å². The normalized spacial score (nSPS) is 11.1. The van der Waals surface area contributed by atoms with Crippen molar-refractivity contribution < 1.29 is 24.2 Å². The van der Waals surface area contributed by atoms with Gasteiger partial charge in [0.25, 0.3) is 5.56 Å². The van der Waals surface area contributed by atoms with E-state index in [0.29, 0.717) is 0 Å². The van der Waals surface area contributed by atoms with Gasteiger partial charge >= 0.3 is 5.97 Å². The van der Waals surface area contributed by atoms with Gasteiger partial charge in [-0.1, -0.05) is 0 Å². The monoisotopic (exact) mass is 289 g/mol. The summed E-state index contributed by atoms with van der Waals surface area (Å²) >= 11 is 0. The fraction of sp³-hybridized carbons (Fsp3) is 0.143. The molecule has 0 fully saturated rings. The number of hydrogen-bond donors (Lipinski definition) is 3. The van der Waals surface area contributed by atoms with Crippen molar-refractivity contribution in [1.82, 2.24) is 4.98 Å². The highest BCUT2D eigenvalue weighted by Crippen LogP contribution is 2.40. The SMILES string of the molecule is CCOC(=O)c1c(O)c(O)cc2oc3cc[nH]c(=O)c3c12. The average Bonchev–Trinajstić information content (AvgIpc) is 2.79. The number of benzene rings is 1. The second kappa shape index (κ2) is 4.55. The van der Waals surface area contributed by atoms with E-state index < -0.39 is 23.0 Å². The molecule has 21 heavy (non-hydrogen) atoms. The molecule has 1 aromatic carbocycles. The van der Waals surface area contributed by atoms with Gasteiger partial charge in [-0.2, -0.15) is 0 Å². The van der Waals surface area contributed by atoms with E-state index in [1.54, 1.807) is 6.92 Å². The first-order chi connectivity index (χ1) is 10.0. The predicted octanol–water partition coefficient (Wildman–Crippen LogP) is 1.86. The van der Waals surface area contributed by atoms with Gasteiger partial charge in [-0.15, -0.1) is 0 Å². The van der Waals surface area contributed by atoms with E-state index in [-0.39, 0.29) is 34.1 Å². The lowest BCUT2D eigenvalue weighted by molar-refractivity contribution is 0.0525. The van der Waals surface area contributed by atoms with Crippen LogP contribution in [0.2, 0.25) is 0 Å². The highest BCUT2D eigenvalue weighted by atomic mass is 16.5. The van der Waals surface area contributed by atoms with Gasteiger partial charge in [0, 0.05) is 12.3 Å². The number of furan rings is 1. The van der Waals surface area contributed by atoms with E-state index >= 15 is 0 Å². The first kappa shape index (κ1) is 13.0. The zero-order valence-electron chi connectivity index (χ0n) is 11.0. The van der Waals surface area contributed by atoms with Crippen LogP contribution in [0, 0.1) is 0 Å². The number of aromatic hydroxyl groups is 2. The molecule has 0 amide bonds. The van der Waals surface area contributed by atoms with Crippen LogP contribution < -0.4 is 5.56 Å². The Kier molecular flexibility index (Phi) is 2.83. The number of phenols is 2. The number of hydrogen-bond acceptors (Lipinski definition) is 6. The summed E-state index contributed by atoms with van der Waals surface area (Å²) in [6.07, 6.45) is 1.40. The maximum atomic E-state index is 12.0. The molecular weight excluding hydrogens is 278 g/mol. The number of carbonyl (C=O) groups excluding carboxylic acids is 1. The minimum absolute atomic E-state index is 0.0849. The number of aromatic nitrogens is 1. The summed E-state index contributed by atoms with van der Waals surface area (Å²) < 4.78 is 10.3. The van der Waals surface area contributed by atoms with Crippen molar-refractivity contribution in [1.29, 1.82) is 0 Å². The number of fused-ring (bicyclic) bond motifs is 3. The minimum Gasteiger partial charge on any atom is -0.504 e. The summed E-state index contributed by atoms with van der Waals surface area (Å²) in [4.78, 5) is 26.5. The Morgan fingerprint density at radius 3 is 2.81 bits per heavy atom. The van der Waals surface area contributed by atoms with Crippen molar-refractivity contribution in [3.8, 4) is 11.5 Å². The number of aromatic amines is 1. The Morgan fingerprint density at radius 2 is 2.10 bits per heavy atom. The Hall–Kier alpha value is -2.96. The largest absolute Gasteiger partial charge is 0.504 e. The summed E-state index contributed by atoms with van der Waals surface area (Å²) in [7, 11) is 0. The van der Waals surface area contributed by atoms with Crippen LogP contribution in [-0.4, -0.2) is 27.8 Å². The van der Waals surface area contributed by atoms with Crippen LogP contribution in [0.4, 0.5) is 0 Å². The molecule has 0 aliphatic carbocycles. The molecule has 0 aliphatic heterocycles. The summed E-state index contributed by atoms with van der Waals surface area (Å²) in [5, 5.41) is 19.9. The van der Waals surface area contributed by atoms with E-state index in [4.69, 9.17) is 9.15 Å². The number of nitrogens with one attached hydrogen (secondary N) is 1. The number of pyridine rings is 1. The molecule has 0 unspecified atom stereocenters. The number of esters is 1. The first-order valence-corrected chi connectivity index (χ1v) is 6.20. The maximum absolute atomic E-state index is 12.0. The third-order valence-corrected chi connectivity index (χ3v) is 3.12. The van der Waals surface area contributed by atoms with Gasteiger partial charge in [-0.3, -0.25) is 4.79 Å². The molecule has 0 bridgehead atoms. The number of phenolic OH excluding ortho intramolecular Hbond substituents is 2. The van der Waals surface area contributed by atoms with Crippen molar-refractivity contribution in [2.24, 2.45) is 0 Å². The van der Waals surface area contributed by atoms with E-state index in [0.717, 1.165) is 6.07 Å². The van der Waals surface area contributed by atoms with Gasteiger partial charge in [0.15, 0.2) is 11.5 Å². The molecule has 3 rings (SSSR count). The van der Waals surface area contributed by atoms with Gasteiger partial charge in [0.2, 0.25) is 0 Å². The molecule has 0 saturated carbocycles. The van der Waals surface area contributed by atoms with Crippen molar-refractivity contribution in [3.05, 3.63) is 34.2 Å². The first-order valence-electron chi connectivity index (χ1n) is 6.20. The molecule has 2 heterocycles. The minimum atomic E-state index is -0.846. The summed E-state index contributed by atoms with van der Waals surface area (Å²) in [6.45, 7) is 1.69. The number of rotatable bonds is 2. The van der Waals surface area contributed by atoms with Crippen molar-refractivity contribution in [2.75, 3.05) is 6.61 Å². The molecule has 2 aromatic heterocycles. The van der Waals surface area contributed by atoms with Crippen LogP contribution in [0.5, 0.6) is 11.5 Å². The third kappa shape index (κ3) is 1.82. The number of carbonyl (C=O) groups is 1. The van der Waals surface area contributed by atoms with Crippen molar-refractivity contribution in [2.45, 2.75) is 6.92 Å². The predicted molar refractivity (Wildman–Crippen MR) is 73.6 cm³/mol. The Labute approximate surface area is 117 Å². The average molecular weight is 289 g/mol.